The molecule has 0 aromatic heterocycles. The van der Waals surface area contributed by atoms with Gasteiger partial charge in [-0.2, -0.15) is 0 Å². The van der Waals surface area contributed by atoms with Gasteiger partial charge in [0.25, 0.3) is 0 Å². The van der Waals surface area contributed by atoms with Gasteiger partial charge in [0, 0.05) is 11.4 Å². The van der Waals surface area contributed by atoms with E-state index in [2.05, 4.69) is 0 Å². The summed E-state index contributed by atoms with van der Waals surface area (Å²) in [5.41, 5.74) is 1.13. The molecule has 1 saturated carbocycles. The first-order valence-corrected chi connectivity index (χ1v) is 7.79. The molecule has 1 aliphatic heterocycles. The fourth-order valence-electron chi connectivity index (χ4n) is 3.10. The summed E-state index contributed by atoms with van der Waals surface area (Å²) in [6, 6.07) is 5.67. The van der Waals surface area contributed by atoms with Crippen molar-refractivity contribution in [1.29, 1.82) is 0 Å². The monoisotopic (exact) mass is 310 g/mol. The predicted molar refractivity (Wildman–Crippen MR) is 78.9 cm³/mol. The molecule has 1 aromatic carbocycles. The number of hydrogen-bond donors (Lipinski definition) is 1. The van der Waals surface area contributed by atoms with Crippen LogP contribution in [0, 0.1) is 5.92 Å². The number of rotatable bonds is 4. The second-order valence-corrected chi connectivity index (χ2v) is 6.28. The van der Waals surface area contributed by atoms with Gasteiger partial charge in [-0.1, -0.05) is 11.6 Å². The number of halogens is 1. The quantitative estimate of drug-likeness (QED) is 0.927. The Morgan fingerprint density at radius 2 is 2.10 bits per heavy atom. The highest BCUT2D eigenvalue weighted by Gasteiger charge is 2.28. The first kappa shape index (κ1) is 14.7. The van der Waals surface area contributed by atoms with E-state index in [1.807, 2.05) is 18.2 Å². The van der Waals surface area contributed by atoms with Crippen molar-refractivity contribution >= 4 is 17.6 Å². The van der Waals surface area contributed by atoms with E-state index in [0.717, 1.165) is 35.6 Å². The van der Waals surface area contributed by atoms with Crippen LogP contribution < -0.4 is 4.74 Å². The van der Waals surface area contributed by atoms with Crippen LogP contribution in [0.2, 0.25) is 5.02 Å². The fraction of sp³-hybridized carbons (Fsp3) is 0.562. The molecule has 3 rings (SSSR count). The molecule has 21 heavy (non-hydrogen) atoms. The van der Waals surface area contributed by atoms with Gasteiger partial charge in [-0.05, 0) is 49.4 Å². The van der Waals surface area contributed by atoms with Gasteiger partial charge in [0.1, 0.15) is 11.9 Å². The number of aliphatic carboxylic acids is 1. The Kier molecular flexibility index (Phi) is 4.36. The van der Waals surface area contributed by atoms with Crippen molar-refractivity contribution < 1.29 is 19.4 Å². The van der Waals surface area contributed by atoms with Crippen molar-refractivity contribution in [1.82, 2.24) is 0 Å². The third-order valence-electron chi connectivity index (χ3n) is 4.31. The number of benzene rings is 1. The molecule has 0 radical (unpaired) electrons. The predicted octanol–water partition coefficient (Wildman–Crippen LogP) is 3.30. The number of fused-ring (bicyclic) bond motifs is 1. The van der Waals surface area contributed by atoms with Crippen LogP contribution >= 0.6 is 11.6 Å². The molecule has 0 spiro atoms. The molecule has 0 amide bonds. The second-order valence-electron chi connectivity index (χ2n) is 5.84. The van der Waals surface area contributed by atoms with Crippen molar-refractivity contribution in [3.8, 4) is 5.75 Å². The fourth-order valence-corrected chi connectivity index (χ4v) is 3.30. The zero-order valence-corrected chi connectivity index (χ0v) is 12.5. The van der Waals surface area contributed by atoms with Crippen LogP contribution in [-0.2, 0) is 16.0 Å². The van der Waals surface area contributed by atoms with Gasteiger partial charge in [-0.3, -0.25) is 4.79 Å². The van der Waals surface area contributed by atoms with E-state index in [4.69, 9.17) is 26.2 Å². The van der Waals surface area contributed by atoms with Gasteiger partial charge in [0.05, 0.1) is 18.6 Å². The largest absolute Gasteiger partial charge is 0.487 e. The van der Waals surface area contributed by atoms with Gasteiger partial charge < -0.3 is 14.6 Å². The Bertz CT molecular complexity index is 523. The Hall–Kier alpha value is -1.26. The van der Waals surface area contributed by atoms with E-state index in [9.17, 15) is 4.79 Å². The maximum atomic E-state index is 10.9. The minimum Gasteiger partial charge on any atom is -0.487 e. The van der Waals surface area contributed by atoms with Crippen molar-refractivity contribution in [2.75, 3.05) is 6.61 Å². The molecule has 114 valence electrons. The molecule has 1 N–H and O–H groups in total. The summed E-state index contributed by atoms with van der Waals surface area (Å²) in [7, 11) is 0. The topological polar surface area (TPSA) is 55.8 Å². The standard InChI is InChI=1S/C16H19ClO4/c17-12-3-6-15-11(7-12)8-14(21-15)9-20-13-4-1-10(2-5-13)16(18)19/h3,6-7,10,13-14H,1-2,4-5,8-9H2,(H,18,19). The summed E-state index contributed by atoms with van der Waals surface area (Å²) in [6.45, 7) is 0.550. The maximum Gasteiger partial charge on any atom is 0.306 e. The van der Waals surface area contributed by atoms with Crippen molar-refractivity contribution in [3.63, 3.8) is 0 Å². The summed E-state index contributed by atoms with van der Waals surface area (Å²) in [5, 5.41) is 9.71. The molecule has 0 saturated heterocycles. The molecule has 2 aliphatic rings. The number of ether oxygens (including phenoxy) is 2. The van der Waals surface area contributed by atoms with Crippen LogP contribution in [0.15, 0.2) is 18.2 Å². The molecule has 0 bridgehead atoms. The first-order valence-electron chi connectivity index (χ1n) is 7.41. The van der Waals surface area contributed by atoms with Crippen LogP contribution in [0.5, 0.6) is 5.75 Å². The van der Waals surface area contributed by atoms with Crippen molar-refractivity contribution in [2.24, 2.45) is 5.92 Å². The van der Waals surface area contributed by atoms with E-state index >= 15 is 0 Å². The summed E-state index contributed by atoms with van der Waals surface area (Å²) in [6.07, 6.45) is 4.08. The van der Waals surface area contributed by atoms with Crippen molar-refractivity contribution in [2.45, 2.75) is 44.3 Å². The van der Waals surface area contributed by atoms with Crippen LogP contribution in [-0.4, -0.2) is 29.9 Å². The van der Waals surface area contributed by atoms with Crippen LogP contribution in [0.1, 0.15) is 31.2 Å². The minimum atomic E-state index is -0.681. The number of carbonyl (C=O) groups is 1. The molecular formula is C16H19ClO4. The van der Waals surface area contributed by atoms with Crippen LogP contribution in [0.25, 0.3) is 0 Å². The minimum absolute atomic E-state index is 0.0377. The number of carboxylic acids is 1. The zero-order chi connectivity index (χ0) is 14.8. The molecule has 4 nitrogen and oxygen atoms in total. The molecule has 1 heterocycles. The Morgan fingerprint density at radius 1 is 1.33 bits per heavy atom. The van der Waals surface area contributed by atoms with Gasteiger partial charge >= 0.3 is 5.97 Å². The van der Waals surface area contributed by atoms with Gasteiger partial charge in [0.2, 0.25) is 0 Å². The molecule has 1 atom stereocenters. The van der Waals surface area contributed by atoms with Gasteiger partial charge in [0.15, 0.2) is 0 Å². The zero-order valence-electron chi connectivity index (χ0n) is 11.8. The summed E-state index contributed by atoms with van der Waals surface area (Å²) in [4.78, 5) is 10.9. The van der Waals surface area contributed by atoms with E-state index in [-0.39, 0.29) is 18.1 Å². The average Bonchev–Trinajstić information content (AvgIpc) is 2.87. The second kappa shape index (κ2) is 6.24. The molecule has 1 unspecified atom stereocenters. The third-order valence-corrected chi connectivity index (χ3v) is 4.54. The van der Waals surface area contributed by atoms with Crippen molar-refractivity contribution in [3.05, 3.63) is 28.8 Å². The lowest BCUT2D eigenvalue weighted by Crippen LogP contribution is -2.30. The van der Waals surface area contributed by atoms with Gasteiger partial charge in [-0.25, -0.2) is 0 Å². The van der Waals surface area contributed by atoms with Crippen LogP contribution in [0.3, 0.4) is 0 Å². The SMILES string of the molecule is O=C(O)C1CCC(OCC2Cc3cc(Cl)ccc3O2)CC1. The third kappa shape index (κ3) is 3.50. The first-order chi connectivity index (χ1) is 10.1. The highest BCUT2D eigenvalue weighted by atomic mass is 35.5. The lowest BCUT2D eigenvalue weighted by Gasteiger charge is -2.27. The van der Waals surface area contributed by atoms with Gasteiger partial charge in [-0.15, -0.1) is 0 Å². The Labute approximate surface area is 129 Å². The summed E-state index contributed by atoms with van der Waals surface area (Å²) in [5.74, 6) is 0.0152. The smallest absolute Gasteiger partial charge is 0.306 e. The highest BCUT2D eigenvalue weighted by molar-refractivity contribution is 6.30. The lowest BCUT2D eigenvalue weighted by atomic mass is 9.87. The van der Waals surface area contributed by atoms with E-state index < -0.39 is 5.97 Å². The number of carboxylic acid groups (broad SMARTS) is 1. The normalized spacial score (nSPS) is 28.0. The Balaban J connectivity index is 1.44. The van der Waals surface area contributed by atoms with Crippen LogP contribution in [0.4, 0.5) is 0 Å². The molecular weight excluding hydrogens is 292 g/mol. The Morgan fingerprint density at radius 3 is 2.81 bits per heavy atom. The summed E-state index contributed by atoms with van der Waals surface area (Å²) < 4.78 is 11.7. The maximum absolute atomic E-state index is 10.9. The summed E-state index contributed by atoms with van der Waals surface area (Å²) >= 11 is 5.97. The van der Waals surface area contributed by atoms with E-state index in [0.29, 0.717) is 19.4 Å². The molecule has 1 aromatic rings. The molecule has 1 aliphatic carbocycles. The highest BCUT2D eigenvalue weighted by Crippen LogP contribution is 2.32. The molecule has 1 fully saturated rings. The van der Waals surface area contributed by atoms with E-state index in [1.54, 1.807) is 0 Å². The molecule has 5 heteroatoms. The van der Waals surface area contributed by atoms with E-state index in [1.165, 1.54) is 0 Å². The average molecular weight is 311 g/mol. The number of hydrogen-bond acceptors (Lipinski definition) is 3. The lowest BCUT2D eigenvalue weighted by molar-refractivity contribution is -0.144.